The average molecular weight is 283 g/mol. The molecule has 0 fully saturated rings. The molecule has 0 saturated heterocycles. The Morgan fingerprint density at radius 1 is 1.33 bits per heavy atom. The van der Waals surface area contributed by atoms with Crippen LogP contribution in [0.3, 0.4) is 0 Å². The molecule has 2 aromatic rings. The van der Waals surface area contributed by atoms with Crippen molar-refractivity contribution in [3.05, 3.63) is 32.9 Å². The minimum atomic E-state index is 0.136. The van der Waals surface area contributed by atoms with Crippen molar-refractivity contribution in [2.45, 2.75) is 26.8 Å². The van der Waals surface area contributed by atoms with E-state index < -0.39 is 0 Å². The smallest absolute Gasteiger partial charge is 0.224 e. The number of nitrogens with two attached hydrogens (primary N) is 1. The molecular formula is C12H15ClN4S. The summed E-state index contributed by atoms with van der Waals surface area (Å²) in [6.07, 6.45) is 0. The summed E-state index contributed by atoms with van der Waals surface area (Å²) in [6, 6.07) is 4.33. The second-order valence-electron chi connectivity index (χ2n) is 4.15. The standard InChI is InChI=1S/C12H15ClN4S/c1-6-4-5-9(18-6)7(2)15-11-10(14)8(3)16-12(13)17-11/h4-5,7H,14H2,1-3H3,(H,15,16,17). The lowest BCUT2D eigenvalue weighted by Crippen LogP contribution is -2.10. The molecule has 6 heteroatoms. The highest BCUT2D eigenvalue weighted by atomic mass is 35.5. The number of hydrogen-bond donors (Lipinski definition) is 2. The maximum absolute atomic E-state index is 5.94. The van der Waals surface area contributed by atoms with Crippen molar-refractivity contribution < 1.29 is 0 Å². The summed E-state index contributed by atoms with van der Waals surface area (Å²) >= 11 is 7.59. The Labute approximate surface area is 115 Å². The zero-order valence-corrected chi connectivity index (χ0v) is 12.1. The molecule has 0 aliphatic carbocycles. The number of aryl methyl sites for hydroxylation is 2. The third kappa shape index (κ3) is 2.73. The summed E-state index contributed by atoms with van der Waals surface area (Å²) in [5, 5.41) is 3.48. The van der Waals surface area contributed by atoms with Crippen molar-refractivity contribution in [2.24, 2.45) is 0 Å². The Kier molecular flexibility index (Phi) is 3.73. The van der Waals surface area contributed by atoms with Crippen LogP contribution in [0, 0.1) is 13.8 Å². The van der Waals surface area contributed by atoms with Gasteiger partial charge < -0.3 is 11.1 Å². The Morgan fingerprint density at radius 2 is 2.06 bits per heavy atom. The van der Waals surface area contributed by atoms with Crippen molar-refractivity contribution in [1.82, 2.24) is 9.97 Å². The van der Waals surface area contributed by atoms with Crippen LogP contribution in [0.1, 0.15) is 28.4 Å². The molecule has 0 radical (unpaired) electrons. The van der Waals surface area contributed by atoms with Gasteiger partial charge in [0.1, 0.15) is 0 Å². The Hall–Kier alpha value is -1.33. The topological polar surface area (TPSA) is 63.8 Å². The lowest BCUT2D eigenvalue weighted by Gasteiger charge is -2.15. The highest BCUT2D eigenvalue weighted by molar-refractivity contribution is 7.12. The molecule has 1 unspecified atom stereocenters. The zero-order valence-electron chi connectivity index (χ0n) is 10.5. The Bertz CT molecular complexity index is 567. The number of nitrogens with zero attached hydrogens (tertiary/aromatic N) is 2. The number of rotatable bonds is 3. The number of nitrogen functional groups attached to an aromatic ring is 1. The van der Waals surface area contributed by atoms with E-state index in [2.05, 4.69) is 41.3 Å². The third-order valence-corrected chi connectivity index (χ3v) is 4.00. The normalized spacial score (nSPS) is 12.4. The van der Waals surface area contributed by atoms with E-state index in [-0.39, 0.29) is 11.3 Å². The summed E-state index contributed by atoms with van der Waals surface area (Å²) < 4.78 is 0. The molecular weight excluding hydrogens is 268 g/mol. The second kappa shape index (κ2) is 5.12. The van der Waals surface area contributed by atoms with E-state index in [0.717, 1.165) is 0 Å². The first-order chi connectivity index (χ1) is 8.47. The number of nitrogens with one attached hydrogen (secondary N) is 1. The maximum atomic E-state index is 5.94. The van der Waals surface area contributed by atoms with Crippen LogP contribution in [0.5, 0.6) is 0 Å². The van der Waals surface area contributed by atoms with Gasteiger partial charge >= 0.3 is 0 Å². The SMILES string of the molecule is Cc1ccc(C(C)Nc2nc(Cl)nc(C)c2N)s1. The largest absolute Gasteiger partial charge is 0.394 e. The van der Waals surface area contributed by atoms with Gasteiger partial charge in [0.2, 0.25) is 5.28 Å². The van der Waals surface area contributed by atoms with Gasteiger partial charge in [0.25, 0.3) is 0 Å². The summed E-state index contributed by atoms with van der Waals surface area (Å²) in [5.74, 6) is 0.589. The molecule has 4 nitrogen and oxygen atoms in total. The minimum absolute atomic E-state index is 0.136. The highest BCUT2D eigenvalue weighted by Crippen LogP contribution is 2.28. The predicted molar refractivity (Wildman–Crippen MR) is 77.3 cm³/mol. The first-order valence-electron chi connectivity index (χ1n) is 5.60. The van der Waals surface area contributed by atoms with Crippen LogP contribution in [0.15, 0.2) is 12.1 Å². The quantitative estimate of drug-likeness (QED) is 0.845. The summed E-state index contributed by atoms with van der Waals surface area (Å²) in [4.78, 5) is 10.7. The van der Waals surface area contributed by atoms with Gasteiger partial charge in [0, 0.05) is 9.75 Å². The van der Waals surface area contributed by atoms with Crippen molar-refractivity contribution in [1.29, 1.82) is 0 Å². The first-order valence-corrected chi connectivity index (χ1v) is 6.79. The van der Waals surface area contributed by atoms with Gasteiger partial charge in [-0.15, -0.1) is 11.3 Å². The molecule has 1 atom stereocenters. The molecule has 0 spiro atoms. The van der Waals surface area contributed by atoms with Gasteiger partial charge in [-0.05, 0) is 44.5 Å². The van der Waals surface area contributed by atoms with Gasteiger partial charge in [-0.1, -0.05) is 0 Å². The third-order valence-electron chi connectivity index (χ3n) is 2.65. The van der Waals surface area contributed by atoms with Crippen molar-refractivity contribution in [2.75, 3.05) is 11.1 Å². The number of halogens is 1. The van der Waals surface area contributed by atoms with Crippen LogP contribution in [0.25, 0.3) is 0 Å². The van der Waals surface area contributed by atoms with E-state index in [9.17, 15) is 0 Å². The van der Waals surface area contributed by atoms with E-state index >= 15 is 0 Å². The molecule has 3 N–H and O–H groups in total. The molecule has 96 valence electrons. The monoisotopic (exact) mass is 282 g/mol. The van der Waals surface area contributed by atoms with Crippen LogP contribution in [0.2, 0.25) is 5.28 Å². The highest BCUT2D eigenvalue weighted by Gasteiger charge is 2.13. The van der Waals surface area contributed by atoms with Crippen LogP contribution < -0.4 is 11.1 Å². The number of aromatic nitrogens is 2. The van der Waals surface area contributed by atoms with Crippen molar-refractivity contribution in [3.63, 3.8) is 0 Å². The molecule has 2 aromatic heterocycles. The van der Waals surface area contributed by atoms with Gasteiger partial charge in [-0.25, -0.2) is 4.98 Å². The lowest BCUT2D eigenvalue weighted by atomic mass is 10.2. The first kappa shape index (κ1) is 13.1. The molecule has 0 aromatic carbocycles. The predicted octanol–water partition coefficient (Wildman–Crippen LogP) is 3.56. The van der Waals surface area contributed by atoms with E-state index in [1.807, 2.05) is 6.92 Å². The summed E-state index contributed by atoms with van der Waals surface area (Å²) in [6.45, 7) is 5.96. The van der Waals surface area contributed by atoms with E-state index in [0.29, 0.717) is 17.2 Å². The van der Waals surface area contributed by atoms with Gasteiger partial charge in [-0.3, -0.25) is 0 Å². The van der Waals surface area contributed by atoms with Crippen LogP contribution in [0.4, 0.5) is 11.5 Å². The van der Waals surface area contributed by atoms with Crippen LogP contribution in [-0.2, 0) is 0 Å². The summed E-state index contributed by atoms with van der Waals surface area (Å²) in [5.41, 5.74) is 7.17. The number of anilines is 2. The van der Waals surface area contributed by atoms with Crippen LogP contribution >= 0.6 is 22.9 Å². The molecule has 0 amide bonds. The summed E-state index contributed by atoms with van der Waals surface area (Å²) in [7, 11) is 0. The molecule has 2 heterocycles. The average Bonchev–Trinajstić information content (AvgIpc) is 2.72. The molecule has 0 aliphatic rings. The Morgan fingerprint density at radius 3 is 2.67 bits per heavy atom. The van der Waals surface area contributed by atoms with E-state index in [1.54, 1.807) is 11.3 Å². The Balaban J connectivity index is 2.24. The second-order valence-corrected chi connectivity index (χ2v) is 5.81. The number of hydrogen-bond acceptors (Lipinski definition) is 5. The van der Waals surface area contributed by atoms with E-state index in [1.165, 1.54) is 9.75 Å². The van der Waals surface area contributed by atoms with Crippen molar-refractivity contribution in [3.8, 4) is 0 Å². The van der Waals surface area contributed by atoms with Crippen molar-refractivity contribution >= 4 is 34.4 Å². The van der Waals surface area contributed by atoms with Gasteiger partial charge in [0.05, 0.1) is 17.4 Å². The molecule has 0 aliphatic heterocycles. The fourth-order valence-corrected chi connectivity index (χ4v) is 2.71. The van der Waals surface area contributed by atoms with Gasteiger partial charge in [0.15, 0.2) is 5.82 Å². The fourth-order valence-electron chi connectivity index (χ4n) is 1.62. The molecule has 0 saturated carbocycles. The molecule has 2 rings (SSSR count). The number of thiophene rings is 1. The fraction of sp³-hybridized carbons (Fsp3) is 0.333. The molecule has 18 heavy (non-hydrogen) atoms. The minimum Gasteiger partial charge on any atom is -0.394 e. The molecule has 0 bridgehead atoms. The van der Waals surface area contributed by atoms with Gasteiger partial charge in [-0.2, -0.15) is 4.98 Å². The lowest BCUT2D eigenvalue weighted by molar-refractivity contribution is 0.892. The maximum Gasteiger partial charge on any atom is 0.224 e. The zero-order chi connectivity index (χ0) is 13.3. The van der Waals surface area contributed by atoms with E-state index in [4.69, 9.17) is 17.3 Å². The van der Waals surface area contributed by atoms with Crippen LogP contribution in [-0.4, -0.2) is 9.97 Å².